The first-order chi connectivity index (χ1) is 9.79. The number of halogens is 1. The molecule has 0 saturated carbocycles. The standard InChI is InChI=1S/C16H27BrN2O2/c1-16(2,11-19(3)4)10-18-9-12-7-13(17)15(21-6)14(8-12)20-5/h7-8,18H,9-11H2,1-6H3. The van der Waals surface area contributed by atoms with E-state index in [1.54, 1.807) is 14.2 Å². The van der Waals surface area contributed by atoms with E-state index in [4.69, 9.17) is 9.47 Å². The number of ether oxygens (including phenoxy) is 2. The van der Waals surface area contributed by atoms with Crippen LogP contribution in [0.3, 0.4) is 0 Å². The Morgan fingerprint density at radius 3 is 2.38 bits per heavy atom. The molecule has 0 radical (unpaired) electrons. The zero-order chi connectivity index (χ0) is 16.0. The lowest BCUT2D eigenvalue weighted by Crippen LogP contribution is -2.37. The molecule has 0 unspecified atom stereocenters. The summed E-state index contributed by atoms with van der Waals surface area (Å²) in [5.74, 6) is 1.48. The molecule has 0 aromatic heterocycles. The van der Waals surface area contributed by atoms with Gasteiger partial charge in [-0.3, -0.25) is 0 Å². The van der Waals surface area contributed by atoms with Crippen LogP contribution in [0.1, 0.15) is 19.4 Å². The van der Waals surface area contributed by atoms with Crippen LogP contribution in [-0.2, 0) is 6.54 Å². The molecule has 1 aromatic carbocycles. The molecule has 0 amide bonds. The number of nitrogens with zero attached hydrogens (tertiary/aromatic N) is 1. The molecular formula is C16H27BrN2O2. The van der Waals surface area contributed by atoms with Crippen LogP contribution in [0, 0.1) is 5.41 Å². The van der Waals surface area contributed by atoms with Gasteiger partial charge in [0, 0.05) is 19.6 Å². The van der Waals surface area contributed by atoms with Gasteiger partial charge in [0.2, 0.25) is 0 Å². The summed E-state index contributed by atoms with van der Waals surface area (Å²) in [5, 5.41) is 3.52. The van der Waals surface area contributed by atoms with Gasteiger partial charge in [-0.15, -0.1) is 0 Å². The van der Waals surface area contributed by atoms with Crippen molar-refractivity contribution in [3.05, 3.63) is 22.2 Å². The minimum Gasteiger partial charge on any atom is -0.493 e. The predicted molar refractivity (Wildman–Crippen MR) is 91.3 cm³/mol. The summed E-state index contributed by atoms with van der Waals surface area (Å²) in [6.45, 7) is 7.34. The van der Waals surface area contributed by atoms with Crippen molar-refractivity contribution in [2.45, 2.75) is 20.4 Å². The van der Waals surface area contributed by atoms with Crippen molar-refractivity contribution in [3.63, 3.8) is 0 Å². The number of nitrogens with one attached hydrogen (secondary N) is 1. The highest BCUT2D eigenvalue weighted by Gasteiger charge is 2.18. The van der Waals surface area contributed by atoms with Gasteiger partial charge in [-0.05, 0) is 53.1 Å². The van der Waals surface area contributed by atoms with Crippen LogP contribution in [0.2, 0.25) is 0 Å². The maximum absolute atomic E-state index is 5.37. The lowest BCUT2D eigenvalue weighted by Gasteiger charge is -2.28. The zero-order valence-corrected chi connectivity index (χ0v) is 15.5. The van der Waals surface area contributed by atoms with Crippen molar-refractivity contribution in [2.24, 2.45) is 5.41 Å². The lowest BCUT2D eigenvalue weighted by molar-refractivity contribution is 0.232. The second-order valence-corrected chi connectivity index (χ2v) is 7.17. The molecule has 4 nitrogen and oxygen atoms in total. The van der Waals surface area contributed by atoms with Crippen LogP contribution in [-0.4, -0.2) is 46.3 Å². The highest BCUT2D eigenvalue weighted by atomic mass is 79.9. The fraction of sp³-hybridized carbons (Fsp3) is 0.625. The smallest absolute Gasteiger partial charge is 0.174 e. The van der Waals surface area contributed by atoms with E-state index in [9.17, 15) is 0 Å². The Morgan fingerprint density at radius 2 is 1.86 bits per heavy atom. The Labute approximate surface area is 136 Å². The van der Waals surface area contributed by atoms with Crippen LogP contribution >= 0.6 is 15.9 Å². The molecule has 0 aliphatic heterocycles. The second kappa shape index (κ2) is 8.01. The first-order valence-electron chi connectivity index (χ1n) is 7.05. The molecule has 1 rings (SSSR count). The number of methoxy groups -OCH3 is 2. The summed E-state index contributed by atoms with van der Waals surface area (Å²) in [6, 6.07) is 4.07. The Morgan fingerprint density at radius 1 is 1.19 bits per heavy atom. The van der Waals surface area contributed by atoms with Crippen molar-refractivity contribution >= 4 is 15.9 Å². The summed E-state index contributed by atoms with van der Waals surface area (Å²) >= 11 is 3.52. The maximum atomic E-state index is 5.37. The monoisotopic (exact) mass is 358 g/mol. The Balaban J connectivity index is 2.66. The Kier molecular flexibility index (Phi) is 6.97. The van der Waals surface area contributed by atoms with Gasteiger partial charge in [0.15, 0.2) is 11.5 Å². The van der Waals surface area contributed by atoms with E-state index < -0.39 is 0 Å². The molecule has 0 aliphatic rings. The third-order valence-electron chi connectivity index (χ3n) is 3.17. The van der Waals surface area contributed by atoms with E-state index in [1.807, 2.05) is 6.07 Å². The summed E-state index contributed by atoms with van der Waals surface area (Å²) in [4.78, 5) is 2.22. The molecule has 0 atom stereocenters. The van der Waals surface area contributed by atoms with E-state index in [1.165, 1.54) is 5.56 Å². The average molecular weight is 359 g/mol. The minimum atomic E-state index is 0.233. The SMILES string of the molecule is COc1cc(CNCC(C)(C)CN(C)C)cc(Br)c1OC. The van der Waals surface area contributed by atoms with Crippen LogP contribution in [0.5, 0.6) is 11.5 Å². The van der Waals surface area contributed by atoms with Crippen molar-refractivity contribution in [1.29, 1.82) is 0 Å². The van der Waals surface area contributed by atoms with Crippen molar-refractivity contribution in [3.8, 4) is 11.5 Å². The molecule has 5 heteroatoms. The van der Waals surface area contributed by atoms with E-state index in [0.717, 1.165) is 35.6 Å². The van der Waals surface area contributed by atoms with Crippen molar-refractivity contribution < 1.29 is 9.47 Å². The van der Waals surface area contributed by atoms with Crippen LogP contribution in [0.4, 0.5) is 0 Å². The summed E-state index contributed by atoms with van der Waals surface area (Å²) in [7, 11) is 7.51. The van der Waals surface area contributed by atoms with Gasteiger partial charge in [-0.1, -0.05) is 13.8 Å². The fourth-order valence-electron chi connectivity index (χ4n) is 2.53. The molecular weight excluding hydrogens is 332 g/mol. The quantitative estimate of drug-likeness (QED) is 0.773. The molecule has 1 aromatic rings. The first kappa shape index (κ1) is 18.3. The summed E-state index contributed by atoms with van der Waals surface area (Å²) < 4.78 is 11.6. The van der Waals surface area contributed by atoms with Crippen molar-refractivity contribution in [1.82, 2.24) is 10.2 Å². The summed E-state index contributed by atoms with van der Waals surface area (Å²) in [5.41, 5.74) is 1.40. The highest BCUT2D eigenvalue weighted by Crippen LogP contribution is 2.36. The summed E-state index contributed by atoms with van der Waals surface area (Å²) in [6.07, 6.45) is 0. The minimum absolute atomic E-state index is 0.233. The topological polar surface area (TPSA) is 33.7 Å². The molecule has 1 N–H and O–H groups in total. The largest absolute Gasteiger partial charge is 0.493 e. The van der Waals surface area contributed by atoms with Gasteiger partial charge in [0.25, 0.3) is 0 Å². The highest BCUT2D eigenvalue weighted by molar-refractivity contribution is 9.10. The van der Waals surface area contributed by atoms with E-state index in [2.05, 4.69) is 60.2 Å². The third-order valence-corrected chi connectivity index (χ3v) is 3.76. The number of hydrogen-bond acceptors (Lipinski definition) is 4. The third kappa shape index (κ3) is 5.85. The van der Waals surface area contributed by atoms with E-state index in [-0.39, 0.29) is 5.41 Å². The van der Waals surface area contributed by atoms with Gasteiger partial charge in [-0.2, -0.15) is 0 Å². The average Bonchev–Trinajstić information content (AvgIpc) is 2.36. The lowest BCUT2D eigenvalue weighted by atomic mass is 9.93. The normalized spacial score (nSPS) is 11.8. The second-order valence-electron chi connectivity index (χ2n) is 6.32. The molecule has 0 bridgehead atoms. The van der Waals surface area contributed by atoms with E-state index in [0.29, 0.717) is 0 Å². The van der Waals surface area contributed by atoms with Crippen LogP contribution in [0.25, 0.3) is 0 Å². The van der Waals surface area contributed by atoms with Gasteiger partial charge < -0.3 is 19.7 Å². The van der Waals surface area contributed by atoms with Gasteiger partial charge in [0.05, 0.1) is 18.7 Å². The molecule has 0 heterocycles. The van der Waals surface area contributed by atoms with Crippen molar-refractivity contribution in [2.75, 3.05) is 41.4 Å². The molecule has 21 heavy (non-hydrogen) atoms. The number of hydrogen-bond donors (Lipinski definition) is 1. The Bertz CT molecular complexity index is 462. The molecule has 0 aliphatic carbocycles. The molecule has 0 spiro atoms. The molecule has 120 valence electrons. The zero-order valence-electron chi connectivity index (χ0n) is 13.9. The van der Waals surface area contributed by atoms with Crippen LogP contribution < -0.4 is 14.8 Å². The number of rotatable bonds is 8. The number of benzene rings is 1. The van der Waals surface area contributed by atoms with E-state index >= 15 is 0 Å². The van der Waals surface area contributed by atoms with Gasteiger partial charge in [0.1, 0.15) is 0 Å². The Hall–Kier alpha value is -0.780. The fourth-order valence-corrected chi connectivity index (χ4v) is 3.18. The predicted octanol–water partition coefficient (Wildman–Crippen LogP) is 3.14. The molecule has 0 fully saturated rings. The van der Waals surface area contributed by atoms with Crippen LogP contribution in [0.15, 0.2) is 16.6 Å². The molecule has 0 saturated heterocycles. The van der Waals surface area contributed by atoms with Gasteiger partial charge in [-0.25, -0.2) is 0 Å². The maximum Gasteiger partial charge on any atom is 0.174 e. The van der Waals surface area contributed by atoms with Gasteiger partial charge >= 0.3 is 0 Å². The first-order valence-corrected chi connectivity index (χ1v) is 7.84.